The van der Waals surface area contributed by atoms with Crippen LogP contribution in [0.15, 0.2) is 48.5 Å². The topological polar surface area (TPSA) is 35.2 Å². The van der Waals surface area contributed by atoms with Crippen LogP contribution < -0.4 is 10.5 Å². The maximum Gasteiger partial charge on any atom is 0.123 e. The Balaban J connectivity index is 1.69. The molecule has 1 heterocycles. The van der Waals surface area contributed by atoms with E-state index in [-0.39, 0.29) is 6.10 Å². The minimum atomic E-state index is 0.219. The van der Waals surface area contributed by atoms with Crippen LogP contribution in [0.1, 0.15) is 23.5 Å². The number of hydrogen-bond acceptors (Lipinski definition) is 2. The average molecular weight is 288 g/mol. The number of fused-ring (bicyclic) bond motifs is 1. The molecule has 20 heavy (non-hydrogen) atoms. The number of benzene rings is 2. The van der Waals surface area contributed by atoms with Gasteiger partial charge in [0.25, 0.3) is 0 Å². The fourth-order valence-electron chi connectivity index (χ4n) is 2.81. The smallest absolute Gasteiger partial charge is 0.123 e. The highest BCUT2D eigenvalue weighted by molar-refractivity contribution is 6.30. The molecule has 0 saturated heterocycles. The maximum absolute atomic E-state index is 6.00. The number of ether oxygens (including phenoxy) is 1. The molecule has 2 aromatic carbocycles. The molecule has 0 fully saturated rings. The van der Waals surface area contributed by atoms with Gasteiger partial charge in [0, 0.05) is 11.4 Å². The molecule has 2 unspecified atom stereocenters. The van der Waals surface area contributed by atoms with Crippen molar-refractivity contribution >= 4 is 11.6 Å². The van der Waals surface area contributed by atoms with Crippen LogP contribution in [-0.4, -0.2) is 12.6 Å². The first kappa shape index (κ1) is 13.5. The van der Waals surface area contributed by atoms with E-state index in [0.29, 0.717) is 12.5 Å². The van der Waals surface area contributed by atoms with E-state index in [1.807, 2.05) is 24.3 Å². The Morgan fingerprint density at radius 2 is 1.90 bits per heavy atom. The fourth-order valence-corrected chi connectivity index (χ4v) is 2.93. The minimum Gasteiger partial charge on any atom is -0.490 e. The summed E-state index contributed by atoms with van der Waals surface area (Å²) in [6.45, 7) is 0.623. The molecule has 3 rings (SSSR count). The quantitative estimate of drug-likeness (QED) is 0.929. The van der Waals surface area contributed by atoms with E-state index in [2.05, 4.69) is 24.3 Å². The third-order valence-electron chi connectivity index (χ3n) is 3.89. The Morgan fingerprint density at radius 3 is 2.60 bits per heavy atom. The predicted octanol–water partition coefficient (Wildman–Crippen LogP) is 3.78. The highest BCUT2D eigenvalue weighted by Gasteiger charge is 2.25. The van der Waals surface area contributed by atoms with Crippen molar-refractivity contribution in [1.29, 1.82) is 0 Å². The van der Waals surface area contributed by atoms with Crippen molar-refractivity contribution in [3.63, 3.8) is 0 Å². The van der Waals surface area contributed by atoms with Crippen molar-refractivity contribution in [3.05, 3.63) is 64.7 Å². The largest absolute Gasteiger partial charge is 0.490 e. The lowest BCUT2D eigenvalue weighted by Gasteiger charge is -2.19. The molecule has 0 aromatic heterocycles. The third kappa shape index (κ3) is 2.82. The van der Waals surface area contributed by atoms with Crippen molar-refractivity contribution < 1.29 is 4.74 Å². The van der Waals surface area contributed by atoms with E-state index in [1.54, 1.807) is 0 Å². The molecule has 3 heteroatoms. The summed E-state index contributed by atoms with van der Waals surface area (Å²) in [6, 6.07) is 16.2. The Kier molecular flexibility index (Phi) is 3.95. The van der Waals surface area contributed by atoms with Gasteiger partial charge in [0.15, 0.2) is 0 Å². The van der Waals surface area contributed by atoms with Gasteiger partial charge in [0.1, 0.15) is 11.9 Å². The van der Waals surface area contributed by atoms with Gasteiger partial charge in [0.05, 0.1) is 0 Å². The molecule has 104 valence electrons. The molecular weight excluding hydrogens is 270 g/mol. The number of rotatable bonds is 4. The zero-order chi connectivity index (χ0) is 13.9. The first-order valence-electron chi connectivity index (χ1n) is 6.96. The Morgan fingerprint density at radius 1 is 1.15 bits per heavy atom. The standard InChI is InChI=1S/C17H18ClNO/c18-15-7-5-12(6-8-15)14(11-19)10-16-9-13-3-1-2-4-17(13)20-16/h1-8,14,16H,9-11,19H2. The molecule has 2 nitrogen and oxygen atoms in total. The number of para-hydroxylation sites is 1. The number of halogens is 1. The summed E-state index contributed by atoms with van der Waals surface area (Å²) in [5.41, 5.74) is 8.47. The summed E-state index contributed by atoms with van der Waals surface area (Å²) < 4.78 is 6.00. The van der Waals surface area contributed by atoms with Crippen molar-refractivity contribution in [2.45, 2.75) is 24.9 Å². The van der Waals surface area contributed by atoms with Gasteiger partial charge in [-0.15, -0.1) is 0 Å². The first-order valence-corrected chi connectivity index (χ1v) is 7.34. The molecular formula is C17H18ClNO. The van der Waals surface area contributed by atoms with Crippen LogP contribution in [0.2, 0.25) is 5.02 Å². The lowest BCUT2D eigenvalue weighted by atomic mass is 9.92. The van der Waals surface area contributed by atoms with Gasteiger partial charge in [-0.25, -0.2) is 0 Å². The van der Waals surface area contributed by atoms with Gasteiger partial charge >= 0.3 is 0 Å². The second kappa shape index (κ2) is 5.86. The average Bonchev–Trinajstić information content (AvgIpc) is 2.88. The lowest BCUT2D eigenvalue weighted by Crippen LogP contribution is -2.22. The molecule has 0 bridgehead atoms. The zero-order valence-corrected chi connectivity index (χ0v) is 12.0. The Hall–Kier alpha value is -1.51. The van der Waals surface area contributed by atoms with Crippen LogP contribution in [-0.2, 0) is 6.42 Å². The second-order valence-electron chi connectivity index (χ2n) is 5.27. The first-order chi connectivity index (χ1) is 9.76. The molecule has 1 aliphatic rings. The summed E-state index contributed by atoms with van der Waals surface area (Å²) in [5, 5.41) is 0.758. The van der Waals surface area contributed by atoms with Crippen LogP contribution in [0.4, 0.5) is 0 Å². The van der Waals surface area contributed by atoms with Crippen molar-refractivity contribution in [2.24, 2.45) is 5.73 Å². The zero-order valence-electron chi connectivity index (χ0n) is 11.3. The van der Waals surface area contributed by atoms with Gasteiger partial charge in [-0.1, -0.05) is 41.9 Å². The van der Waals surface area contributed by atoms with Crippen LogP contribution in [0.3, 0.4) is 0 Å². The minimum absolute atomic E-state index is 0.219. The summed E-state index contributed by atoms with van der Waals surface area (Å²) >= 11 is 5.93. The molecule has 0 amide bonds. The van der Waals surface area contributed by atoms with Crippen molar-refractivity contribution in [2.75, 3.05) is 6.54 Å². The fraction of sp³-hybridized carbons (Fsp3) is 0.294. The Bertz CT molecular complexity index is 557. The summed E-state index contributed by atoms with van der Waals surface area (Å²) in [6.07, 6.45) is 2.13. The van der Waals surface area contributed by atoms with Gasteiger partial charge in [-0.3, -0.25) is 0 Å². The molecule has 0 radical (unpaired) electrons. The van der Waals surface area contributed by atoms with Crippen molar-refractivity contribution in [1.82, 2.24) is 0 Å². The summed E-state index contributed by atoms with van der Waals surface area (Å²) in [7, 11) is 0. The molecule has 2 N–H and O–H groups in total. The summed E-state index contributed by atoms with van der Waals surface area (Å²) in [5.74, 6) is 1.33. The van der Waals surface area contributed by atoms with Gasteiger partial charge in [-0.2, -0.15) is 0 Å². The normalized spacial score (nSPS) is 18.4. The SMILES string of the molecule is NCC(CC1Cc2ccccc2O1)c1ccc(Cl)cc1. The molecule has 0 saturated carbocycles. The molecule has 0 aliphatic carbocycles. The van der Waals surface area contributed by atoms with Gasteiger partial charge < -0.3 is 10.5 Å². The van der Waals surface area contributed by atoms with Crippen LogP contribution in [0.25, 0.3) is 0 Å². The van der Waals surface area contributed by atoms with Gasteiger partial charge in [0.2, 0.25) is 0 Å². The lowest BCUT2D eigenvalue weighted by molar-refractivity contribution is 0.210. The predicted molar refractivity (Wildman–Crippen MR) is 82.4 cm³/mol. The maximum atomic E-state index is 6.00. The van der Waals surface area contributed by atoms with Gasteiger partial charge in [-0.05, 0) is 48.2 Å². The van der Waals surface area contributed by atoms with E-state index >= 15 is 0 Å². The molecule has 2 atom stereocenters. The summed E-state index contributed by atoms with van der Waals surface area (Å²) in [4.78, 5) is 0. The van der Waals surface area contributed by atoms with E-state index < -0.39 is 0 Å². The van der Waals surface area contributed by atoms with Crippen LogP contribution in [0.5, 0.6) is 5.75 Å². The van der Waals surface area contributed by atoms with E-state index in [4.69, 9.17) is 22.1 Å². The molecule has 2 aromatic rings. The molecule has 0 spiro atoms. The van der Waals surface area contributed by atoms with E-state index in [1.165, 1.54) is 11.1 Å². The van der Waals surface area contributed by atoms with Crippen LogP contribution in [0, 0.1) is 0 Å². The van der Waals surface area contributed by atoms with E-state index in [0.717, 1.165) is 23.6 Å². The second-order valence-corrected chi connectivity index (χ2v) is 5.71. The highest BCUT2D eigenvalue weighted by atomic mass is 35.5. The number of hydrogen-bond donors (Lipinski definition) is 1. The van der Waals surface area contributed by atoms with Crippen LogP contribution >= 0.6 is 11.6 Å². The van der Waals surface area contributed by atoms with Crippen molar-refractivity contribution in [3.8, 4) is 5.75 Å². The highest BCUT2D eigenvalue weighted by Crippen LogP contribution is 2.33. The monoisotopic (exact) mass is 287 g/mol. The Labute approximate surface area is 124 Å². The molecule has 1 aliphatic heterocycles. The number of nitrogens with two attached hydrogens (primary N) is 1. The van der Waals surface area contributed by atoms with E-state index in [9.17, 15) is 0 Å². The third-order valence-corrected chi connectivity index (χ3v) is 4.14.